The number of nitrogens with zero attached hydrogens (tertiary/aromatic N) is 3. The molecule has 1 aliphatic heterocycles. The van der Waals surface area contributed by atoms with E-state index in [1.165, 1.54) is 6.07 Å². The molecular weight excluding hydrogens is 664 g/mol. The van der Waals surface area contributed by atoms with Gasteiger partial charge >= 0.3 is 6.18 Å². The summed E-state index contributed by atoms with van der Waals surface area (Å²) in [5, 5.41) is 9.19. The molecule has 0 spiro atoms. The Labute approximate surface area is 279 Å². The molecule has 0 radical (unpaired) electrons. The number of nitrogens with one attached hydrogen (secondary N) is 3. The summed E-state index contributed by atoms with van der Waals surface area (Å²) in [7, 11) is 1.76. The lowest BCUT2D eigenvalue weighted by atomic mass is 9.95. The SMILES string of the molecule is Cn1c(Nc2c(Cl)ccc(CNC(=O)C(C)(C)C)c2Cl)nc2cc(C(=O)NCC(F)(F)F)c(N3CCc4ccc(Cl)cc4C3)cc21. The third-order valence-electron chi connectivity index (χ3n) is 7.74. The van der Waals surface area contributed by atoms with Crippen molar-refractivity contribution in [2.75, 3.05) is 23.3 Å². The fourth-order valence-electron chi connectivity index (χ4n) is 5.19. The van der Waals surface area contributed by atoms with E-state index in [0.29, 0.717) is 63.5 Å². The summed E-state index contributed by atoms with van der Waals surface area (Å²) in [6, 6.07) is 12.2. The smallest absolute Gasteiger partial charge is 0.366 e. The molecule has 244 valence electrons. The van der Waals surface area contributed by atoms with Gasteiger partial charge in [-0.05, 0) is 53.4 Å². The van der Waals surface area contributed by atoms with E-state index >= 15 is 0 Å². The lowest BCUT2D eigenvalue weighted by Gasteiger charge is -2.32. The number of halogens is 6. The highest BCUT2D eigenvalue weighted by atomic mass is 35.5. The lowest BCUT2D eigenvalue weighted by molar-refractivity contribution is -0.128. The van der Waals surface area contributed by atoms with Crippen LogP contribution >= 0.6 is 34.8 Å². The largest absolute Gasteiger partial charge is 0.405 e. The number of carbonyl (C=O) groups is 2. The van der Waals surface area contributed by atoms with Crippen LogP contribution in [0.3, 0.4) is 0 Å². The van der Waals surface area contributed by atoms with Crippen molar-refractivity contribution in [2.45, 2.75) is 46.5 Å². The molecule has 0 atom stereocenters. The highest BCUT2D eigenvalue weighted by molar-refractivity contribution is 6.39. The topological polar surface area (TPSA) is 91.3 Å². The number of alkyl halides is 3. The Kier molecular flexibility index (Phi) is 9.41. The first-order valence-electron chi connectivity index (χ1n) is 14.4. The molecule has 0 saturated carbocycles. The van der Waals surface area contributed by atoms with Crippen molar-refractivity contribution in [2.24, 2.45) is 12.5 Å². The zero-order valence-electron chi connectivity index (χ0n) is 25.5. The van der Waals surface area contributed by atoms with Gasteiger partial charge in [0.25, 0.3) is 5.91 Å². The molecule has 2 heterocycles. The van der Waals surface area contributed by atoms with Gasteiger partial charge < -0.3 is 25.4 Å². The van der Waals surface area contributed by atoms with Crippen LogP contribution in [0.15, 0.2) is 42.5 Å². The van der Waals surface area contributed by atoms with Gasteiger partial charge in [-0.1, -0.05) is 67.7 Å². The molecule has 5 rings (SSSR count). The Morgan fingerprint density at radius 2 is 1.72 bits per heavy atom. The summed E-state index contributed by atoms with van der Waals surface area (Å²) in [5.74, 6) is -0.693. The van der Waals surface area contributed by atoms with E-state index in [9.17, 15) is 22.8 Å². The number of fused-ring (bicyclic) bond motifs is 2. The van der Waals surface area contributed by atoms with Gasteiger partial charge in [-0.2, -0.15) is 13.2 Å². The van der Waals surface area contributed by atoms with Crippen LogP contribution in [-0.2, 0) is 31.4 Å². The van der Waals surface area contributed by atoms with E-state index in [2.05, 4.69) is 15.6 Å². The molecule has 0 unspecified atom stereocenters. The quantitative estimate of drug-likeness (QED) is 0.184. The predicted octanol–water partition coefficient (Wildman–Crippen LogP) is 7.79. The van der Waals surface area contributed by atoms with E-state index < -0.39 is 24.0 Å². The fraction of sp³-hybridized carbons (Fsp3) is 0.344. The molecule has 0 bridgehead atoms. The number of benzene rings is 3. The Morgan fingerprint density at radius 3 is 2.41 bits per heavy atom. The van der Waals surface area contributed by atoms with E-state index in [-0.39, 0.29) is 23.0 Å². The molecule has 2 amide bonds. The maximum Gasteiger partial charge on any atom is 0.405 e. The first-order valence-corrected chi connectivity index (χ1v) is 15.5. The van der Waals surface area contributed by atoms with Crippen LogP contribution in [-0.4, -0.2) is 40.6 Å². The summed E-state index contributed by atoms with van der Waals surface area (Å²) < 4.78 is 40.9. The molecule has 14 heteroatoms. The fourth-order valence-corrected chi connectivity index (χ4v) is 5.92. The standard InChI is InChI=1S/C32H32Cl3F3N6O2/c1-31(2,3)29(46)39-14-18-6-8-22(34)27(26(18)35)42-30-41-23-12-21(28(45)40-16-32(36,37)38)24(13-25(23)43(30)4)44-10-9-17-5-7-20(33)11-19(17)15-44/h5-8,11-13H,9-10,14-16H2,1-4H3,(H,39,46)(H,40,45)(H,41,42). The number of hydrogen-bond donors (Lipinski definition) is 3. The third-order valence-corrected chi connectivity index (χ3v) is 8.72. The number of amides is 2. The van der Waals surface area contributed by atoms with Crippen LogP contribution in [0.1, 0.15) is 47.8 Å². The minimum Gasteiger partial charge on any atom is -0.366 e. The molecule has 1 aromatic heterocycles. The predicted molar refractivity (Wildman–Crippen MR) is 176 cm³/mol. The van der Waals surface area contributed by atoms with Crippen molar-refractivity contribution >= 4 is 75.0 Å². The van der Waals surface area contributed by atoms with Gasteiger partial charge in [0.2, 0.25) is 11.9 Å². The zero-order chi connectivity index (χ0) is 33.6. The number of aromatic nitrogens is 2. The summed E-state index contributed by atoms with van der Waals surface area (Å²) in [6.45, 7) is 5.07. The number of carbonyl (C=O) groups excluding carboxylic acids is 2. The molecule has 1 aliphatic rings. The molecule has 0 fully saturated rings. The first kappa shape index (κ1) is 33.7. The van der Waals surface area contributed by atoms with Gasteiger partial charge in [0.05, 0.1) is 38.0 Å². The Hall–Kier alpha value is -3.67. The molecule has 0 aliphatic carbocycles. The van der Waals surface area contributed by atoms with Crippen molar-refractivity contribution in [1.82, 2.24) is 20.2 Å². The number of hydrogen-bond acceptors (Lipinski definition) is 5. The summed E-state index contributed by atoms with van der Waals surface area (Å²) in [6.07, 6.45) is -3.92. The third kappa shape index (κ3) is 7.32. The van der Waals surface area contributed by atoms with Gasteiger partial charge in [0, 0.05) is 37.1 Å². The van der Waals surface area contributed by atoms with Crippen LogP contribution in [0.2, 0.25) is 15.1 Å². The van der Waals surface area contributed by atoms with Crippen molar-refractivity contribution < 1.29 is 22.8 Å². The van der Waals surface area contributed by atoms with E-state index in [1.807, 2.05) is 28.4 Å². The number of rotatable bonds is 7. The Balaban J connectivity index is 1.52. The second kappa shape index (κ2) is 12.8. The second-order valence-corrected chi connectivity index (χ2v) is 13.4. The van der Waals surface area contributed by atoms with E-state index in [1.54, 1.807) is 50.6 Å². The summed E-state index contributed by atoms with van der Waals surface area (Å²) in [5.41, 5.74) is 3.98. The molecule has 4 aromatic rings. The molecule has 3 N–H and O–H groups in total. The van der Waals surface area contributed by atoms with Crippen LogP contribution in [0, 0.1) is 5.41 Å². The monoisotopic (exact) mass is 694 g/mol. The van der Waals surface area contributed by atoms with Crippen molar-refractivity contribution in [1.29, 1.82) is 0 Å². The number of imidazole rings is 1. The van der Waals surface area contributed by atoms with Crippen molar-refractivity contribution in [3.63, 3.8) is 0 Å². The average Bonchev–Trinajstić information content (AvgIpc) is 3.29. The van der Waals surface area contributed by atoms with Gasteiger partial charge in [-0.3, -0.25) is 9.59 Å². The van der Waals surface area contributed by atoms with Crippen LogP contribution in [0.25, 0.3) is 11.0 Å². The van der Waals surface area contributed by atoms with E-state index in [4.69, 9.17) is 34.8 Å². The molecule has 46 heavy (non-hydrogen) atoms. The van der Waals surface area contributed by atoms with Crippen LogP contribution in [0.5, 0.6) is 0 Å². The molecule has 3 aromatic carbocycles. The Bertz CT molecular complexity index is 1830. The Morgan fingerprint density at radius 1 is 0.978 bits per heavy atom. The number of anilines is 3. The summed E-state index contributed by atoms with van der Waals surface area (Å²) >= 11 is 19.5. The molecule has 0 saturated heterocycles. The molecule has 8 nitrogen and oxygen atoms in total. The maximum atomic E-state index is 13.2. The van der Waals surface area contributed by atoms with E-state index in [0.717, 1.165) is 11.1 Å². The normalized spacial score (nSPS) is 13.5. The highest BCUT2D eigenvalue weighted by Crippen LogP contribution is 2.38. The van der Waals surface area contributed by atoms with Crippen molar-refractivity contribution in [3.05, 3.63) is 79.8 Å². The first-order chi connectivity index (χ1) is 21.5. The van der Waals surface area contributed by atoms with Gasteiger partial charge in [0.1, 0.15) is 6.54 Å². The minimum absolute atomic E-state index is 0.0551. The van der Waals surface area contributed by atoms with Gasteiger partial charge in [-0.25, -0.2) is 4.98 Å². The highest BCUT2D eigenvalue weighted by Gasteiger charge is 2.30. The second-order valence-electron chi connectivity index (χ2n) is 12.2. The van der Waals surface area contributed by atoms with Gasteiger partial charge in [0.15, 0.2) is 0 Å². The van der Waals surface area contributed by atoms with Crippen LogP contribution in [0.4, 0.5) is 30.5 Å². The van der Waals surface area contributed by atoms with Crippen LogP contribution < -0.4 is 20.9 Å². The van der Waals surface area contributed by atoms with Crippen molar-refractivity contribution in [3.8, 4) is 0 Å². The summed E-state index contributed by atoms with van der Waals surface area (Å²) in [4.78, 5) is 32.2. The van der Waals surface area contributed by atoms with Gasteiger partial charge in [-0.15, -0.1) is 0 Å². The lowest BCUT2D eigenvalue weighted by Crippen LogP contribution is -2.36. The number of aryl methyl sites for hydroxylation is 1. The zero-order valence-corrected chi connectivity index (χ0v) is 27.8. The maximum absolute atomic E-state index is 13.2. The minimum atomic E-state index is -4.58. The molecular formula is C32H32Cl3F3N6O2. The average molecular weight is 696 g/mol.